The summed E-state index contributed by atoms with van der Waals surface area (Å²) in [6, 6.07) is 33.7. The van der Waals surface area contributed by atoms with E-state index in [2.05, 4.69) is 56.7 Å². The molecule has 2 aliphatic rings. The Morgan fingerprint density at radius 3 is 2.41 bits per heavy atom. The second kappa shape index (κ2) is 28.7. The summed E-state index contributed by atoms with van der Waals surface area (Å²) < 4.78 is 32.7. The number of nitrogens with two attached hydrogens (primary N) is 1. The van der Waals surface area contributed by atoms with E-state index in [0.717, 1.165) is 113 Å². The number of rotatable bonds is 27. The van der Waals surface area contributed by atoms with Crippen LogP contribution in [0.1, 0.15) is 72.0 Å². The van der Waals surface area contributed by atoms with Crippen molar-refractivity contribution in [1.82, 2.24) is 44.6 Å². The van der Waals surface area contributed by atoms with Crippen LogP contribution in [0.5, 0.6) is 5.75 Å². The van der Waals surface area contributed by atoms with Crippen LogP contribution in [-0.2, 0) is 54.5 Å². The molecule has 0 spiro atoms. The number of hydrogen-bond acceptors (Lipinski definition) is 14. The lowest BCUT2D eigenvalue weighted by molar-refractivity contribution is -0.137. The zero-order chi connectivity index (χ0) is 56.3. The van der Waals surface area contributed by atoms with Gasteiger partial charge < -0.3 is 39.6 Å². The van der Waals surface area contributed by atoms with E-state index in [0.29, 0.717) is 77.3 Å². The van der Waals surface area contributed by atoms with Crippen LogP contribution in [0.15, 0.2) is 134 Å². The number of benzene rings is 4. The monoisotopic (exact) mass is 1100 g/mol. The van der Waals surface area contributed by atoms with E-state index in [9.17, 15) is 9.59 Å². The van der Waals surface area contributed by atoms with Crippen LogP contribution < -0.4 is 15.8 Å². The highest BCUT2D eigenvalue weighted by molar-refractivity contribution is 5.96. The van der Waals surface area contributed by atoms with Crippen LogP contribution in [-0.4, -0.2) is 128 Å². The minimum atomic E-state index is -0.596. The number of ether oxygens (including phenoxy) is 5. The number of para-hydroxylation sites is 2. The number of likely N-dealkylation sites (tertiary alicyclic amines) is 1. The molecule has 1 fully saturated rings. The molecular formula is C64H69N11O7. The summed E-state index contributed by atoms with van der Waals surface area (Å²) >= 11 is 0. The van der Waals surface area contributed by atoms with Crippen molar-refractivity contribution in [3.63, 3.8) is 0 Å². The fraction of sp³-hybridized carbons (Fsp3) is 0.344. The Balaban J connectivity index is 0.559. The van der Waals surface area contributed by atoms with Crippen molar-refractivity contribution >= 4 is 34.6 Å². The molecule has 5 heterocycles. The number of aromatic nitrogens is 8. The van der Waals surface area contributed by atoms with Gasteiger partial charge in [0.25, 0.3) is 0 Å². The zero-order valence-corrected chi connectivity index (χ0v) is 46.3. The first-order chi connectivity index (χ1) is 40.3. The Morgan fingerprint density at radius 1 is 0.793 bits per heavy atom. The molecule has 4 aromatic carbocycles. The van der Waals surface area contributed by atoms with Gasteiger partial charge in [-0.15, -0.1) is 5.10 Å². The Bertz CT molecular complexity index is 3500. The summed E-state index contributed by atoms with van der Waals surface area (Å²) in [5.41, 5.74) is 15.9. The number of hydrogen-bond donors (Lipinski definition) is 2. The van der Waals surface area contributed by atoms with Crippen molar-refractivity contribution < 1.29 is 33.3 Å². The van der Waals surface area contributed by atoms with Gasteiger partial charge in [0.2, 0.25) is 11.8 Å². The van der Waals surface area contributed by atoms with Crippen LogP contribution in [0.25, 0.3) is 45.3 Å². The van der Waals surface area contributed by atoms with Crippen molar-refractivity contribution in [2.24, 2.45) is 5.73 Å². The highest BCUT2D eigenvalue weighted by atomic mass is 16.6. The van der Waals surface area contributed by atoms with E-state index in [1.54, 1.807) is 28.1 Å². The molecule has 18 nitrogen and oxygen atoms in total. The first kappa shape index (κ1) is 56.7. The lowest BCUT2D eigenvalue weighted by atomic mass is 10.0. The van der Waals surface area contributed by atoms with E-state index in [1.807, 2.05) is 103 Å². The average Bonchev–Trinajstić information content (AvgIpc) is 4.41. The van der Waals surface area contributed by atoms with Crippen molar-refractivity contribution in [1.29, 1.82) is 0 Å². The lowest BCUT2D eigenvalue weighted by Gasteiger charge is -2.32. The molecule has 4 aromatic heterocycles. The lowest BCUT2D eigenvalue weighted by Crippen LogP contribution is -2.49. The predicted molar refractivity (Wildman–Crippen MR) is 314 cm³/mol. The first-order valence-corrected chi connectivity index (χ1v) is 28.2. The van der Waals surface area contributed by atoms with Crippen molar-refractivity contribution in [2.45, 2.75) is 83.5 Å². The van der Waals surface area contributed by atoms with E-state index in [4.69, 9.17) is 44.5 Å². The van der Waals surface area contributed by atoms with Crippen LogP contribution in [0, 0.1) is 18.8 Å². The smallest absolute Gasteiger partial charge is 0.247 e. The van der Waals surface area contributed by atoms with Crippen LogP contribution in [0.2, 0.25) is 0 Å². The molecule has 1 aliphatic carbocycles. The molecule has 82 heavy (non-hydrogen) atoms. The number of nitrogens with zero attached hydrogens (tertiary/aromatic N) is 9. The Hall–Kier alpha value is -8.60. The summed E-state index contributed by atoms with van der Waals surface area (Å²) in [5, 5.41) is 18.3. The molecule has 2 amide bonds. The third kappa shape index (κ3) is 15.4. The molecule has 3 N–H and O–H groups in total. The SMILES string of the molecule is Cc1cc(-c2nn(-c3ccccc3)cc2/C=C/C(=O)N2CCCCC2C(N)=O)ccc1OCc1cn(CCCCCOCCOCCOCCOCC#Cc2ccc3c(c2)CC(Nc2nc(-c4cccnc4)nc4ccccc24)C3)nn1. The molecule has 18 heteroatoms. The molecule has 422 valence electrons. The van der Waals surface area contributed by atoms with Gasteiger partial charge in [-0.2, -0.15) is 5.10 Å². The number of fused-ring (bicyclic) bond motifs is 2. The number of unbranched alkanes of at least 4 members (excludes halogenated alkanes) is 2. The highest BCUT2D eigenvalue weighted by Crippen LogP contribution is 2.32. The predicted octanol–water partition coefficient (Wildman–Crippen LogP) is 8.77. The summed E-state index contributed by atoms with van der Waals surface area (Å²) in [6.45, 7) is 7.46. The molecule has 10 rings (SSSR count). The van der Waals surface area contributed by atoms with Crippen LogP contribution in [0.4, 0.5) is 5.82 Å². The number of anilines is 1. The van der Waals surface area contributed by atoms with Crippen molar-refractivity contribution in [3.05, 3.63) is 168 Å². The Labute approximate surface area is 478 Å². The molecule has 2 atom stereocenters. The highest BCUT2D eigenvalue weighted by Gasteiger charge is 2.30. The largest absolute Gasteiger partial charge is 0.487 e. The minimum Gasteiger partial charge on any atom is -0.487 e. The number of primary amides is 1. The van der Waals surface area contributed by atoms with Crippen molar-refractivity contribution in [2.75, 3.05) is 64.7 Å². The second-order valence-electron chi connectivity index (χ2n) is 20.4. The van der Waals surface area contributed by atoms with Gasteiger partial charge in [0, 0.05) is 78.0 Å². The maximum atomic E-state index is 13.3. The molecule has 1 aliphatic heterocycles. The molecule has 1 saturated heterocycles. The van der Waals surface area contributed by atoms with Gasteiger partial charge >= 0.3 is 0 Å². The number of pyridine rings is 1. The third-order valence-corrected chi connectivity index (χ3v) is 14.4. The summed E-state index contributed by atoms with van der Waals surface area (Å²) in [4.78, 5) is 41.0. The number of nitrogens with one attached hydrogen (secondary N) is 1. The number of carbonyl (C=O) groups excluding carboxylic acids is 2. The van der Waals surface area contributed by atoms with Gasteiger partial charge in [0.15, 0.2) is 5.82 Å². The topological polar surface area (TPSA) is 209 Å². The summed E-state index contributed by atoms with van der Waals surface area (Å²) in [6.07, 6.45) is 17.6. The van der Waals surface area contributed by atoms with Crippen LogP contribution in [0.3, 0.4) is 0 Å². The second-order valence-corrected chi connectivity index (χ2v) is 20.4. The third-order valence-electron chi connectivity index (χ3n) is 14.4. The summed E-state index contributed by atoms with van der Waals surface area (Å²) in [7, 11) is 0. The molecule has 2 unspecified atom stereocenters. The normalized spacial score (nSPS) is 14.9. The quantitative estimate of drug-likeness (QED) is 0.0280. The number of aryl methyl sites for hydroxylation is 2. The maximum absolute atomic E-state index is 13.3. The molecule has 0 radical (unpaired) electrons. The Kier molecular flexibility index (Phi) is 19.8. The maximum Gasteiger partial charge on any atom is 0.247 e. The van der Waals surface area contributed by atoms with E-state index in [-0.39, 0.29) is 18.6 Å². The molecular weight excluding hydrogens is 1030 g/mol. The van der Waals surface area contributed by atoms with E-state index < -0.39 is 11.9 Å². The Morgan fingerprint density at radius 2 is 1.60 bits per heavy atom. The van der Waals surface area contributed by atoms with E-state index >= 15 is 0 Å². The molecule has 8 aromatic rings. The van der Waals surface area contributed by atoms with Crippen LogP contribution >= 0.6 is 0 Å². The standard InChI is InChI=1S/C64H69N11O7/c1-46-38-49(61-51(43-75(71-61)55-16-4-2-5-17-55)24-26-60(76)74-29-10-8-20-58(74)62(65)77)23-25-59(46)82-45-54-44-73(72-70-54)28-9-3-11-30-78-32-34-80-36-37-81-35-33-79-31-13-14-47-21-22-48-40-53(41-52(48)39-47)67-64-56-18-6-7-19-57(56)68-63(69-64)50-15-12-27-66-42-50/h2,4-7,12,15-19,21-27,38-39,42-44,53,58H,3,8-11,20,28-37,40-41,45H2,1H3,(H2,65,77)(H,67,68,69)/b26-24+. The summed E-state index contributed by atoms with van der Waals surface area (Å²) in [5.74, 6) is 7.88. The first-order valence-electron chi connectivity index (χ1n) is 28.2. The van der Waals surface area contributed by atoms with Gasteiger partial charge in [-0.05, 0) is 148 Å². The average molecular weight is 1100 g/mol. The van der Waals surface area contributed by atoms with Gasteiger partial charge in [-0.1, -0.05) is 53.5 Å². The number of piperidine rings is 1. The number of carbonyl (C=O) groups is 2. The number of amides is 2. The minimum absolute atomic E-state index is 0.211. The molecule has 0 saturated carbocycles. The zero-order valence-electron chi connectivity index (χ0n) is 46.3. The van der Waals surface area contributed by atoms with Gasteiger partial charge in [-0.25, -0.2) is 14.6 Å². The fourth-order valence-corrected chi connectivity index (χ4v) is 10.2. The van der Waals surface area contributed by atoms with Gasteiger partial charge in [0.1, 0.15) is 36.5 Å². The van der Waals surface area contributed by atoms with Gasteiger partial charge in [-0.3, -0.25) is 19.3 Å². The van der Waals surface area contributed by atoms with Gasteiger partial charge in [0.05, 0.1) is 62.7 Å². The molecule has 0 bridgehead atoms. The fourth-order valence-electron chi connectivity index (χ4n) is 10.2. The van der Waals surface area contributed by atoms with E-state index in [1.165, 1.54) is 17.2 Å². The van der Waals surface area contributed by atoms with Crippen molar-refractivity contribution in [3.8, 4) is 45.9 Å².